The molecular formula is C24H29N3O. The van der Waals surface area contributed by atoms with E-state index in [0.717, 1.165) is 51.1 Å². The fourth-order valence-corrected chi connectivity index (χ4v) is 4.27. The van der Waals surface area contributed by atoms with Gasteiger partial charge in [0.05, 0.1) is 5.52 Å². The predicted octanol–water partition coefficient (Wildman–Crippen LogP) is 3.35. The summed E-state index contributed by atoms with van der Waals surface area (Å²) in [6.07, 6.45) is 3.82. The van der Waals surface area contributed by atoms with Crippen LogP contribution in [0.15, 0.2) is 66.9 Å². The molecule has 0 radical (unpaired) electrons. The second kappa shape index (κ2) is 9.28. The molecule has 1 N–H and O–H groups in total. The highest BCUT2D eigenvalue weighted by atomic mass is 16.3. The van der Waals surface area contributed by atoms with E-state index in [-0.39, 0.29) is 6.61 Å². The molecule has 3 aromatic rings. The number of para-hydroxylation sites is 1. The third kappa shape index (κ3) is 4.58. The molecule has 4 heteroatoms. The molecule has 0 bridgehead atoms. The van der Waals surface area contributed by atoms with Crippen LogP contribution >= 0.6 is 0 Å². The van der Waals surface area contributed by atoms with Gasteiger partial charge in [0.1, 0.15) is 0 Å². The SMILES string of the molecule is OCC[C@H]1CN(Cc2ccnc3ccccc23)CCN1CCc1ccccc1. The number of hydrogen-bond acceptors (Lipinski definition) is 4. The third-order valence-electron chi connectivity index (χ3n) is 5.81. The Kier molecular flexibility index (Phi) is 6.32. The maximum absolute atomic E-state index is 9.59. The Morgan fingerprint density at radius 2 is 1.79 bits per heavy atom. The van der Waals surface area contributed by atoms with Gasteiger partial charge in [-0.05, 0) is 36.1 Å². The van der Waals surface area contributed by atoms with Crippen LogP contribution in [0.3, 0.4) is 0 Å². The molecule has 0 unspecified atom stereocenters. The molecule has 1 saturated heterocycles. The van der Waals surface area contributed by atoms with Gasteiger partial charge in [-0.3, -0.25) is 14.8 Å². The van der Waals surface area contributed by atoms with Crippen molar-refractivity contribution in [3.8, 4) is 0 Å². The molecule has 0 amide bonds. The zero-order valence-electron chi connectivity index (χ0n) is 16.4. The molecule has 1 aromatic heterocycles. The Labute approximate surface area is 167 Å². The van der Waals surface area contributed by atoms with Gasteiger partial charge in [0.2, 0.25) is 0 Å². The molecule has 4 rings (SSSR count). The number of pyridine rings is 1. The number of aromatic nitrogens is 1. The van der Waals surface area contributed by atoms with Crippen molar-refractivity contribution >= 4 is 10.9 Å². The van der Waals surface area contributed by atoms with E-state index in [4.69, 9.17) is 0 Å². The Bertz CT molecular complexity index is 878. The van der Waals surface area contributed by atoms with E-state index in [1.54, 1.807) is 0 Å². The number of aliphatic hydroxyl groups is 1. The first kappa shape index (κ1) is 19.1. The summed E-state index contributed by atoms with van der Waals surface area (Å²) in [6.45, 7) is 5.37. The molecule has 1 aliphatic rings. The lowest BCUT2D eigenvalue weighted by atomic mass is 10.0. The number of nitrogens with zero attached hydrogens (tertiary/aromatic N) is 3. The summed E-state index contributed by atoms with van der Waals surface area (Å²) < 4.78 is 0. The lowest BCUT2D eigenvalue weighted by Crippen LogP contribution is -2.53. The Balaban J connectivity index is 1.41. The van der Waals surface area contributed by atoms with Crippen molar-refractivity contribution < 1.29 is 5.11 Å². The van der Waals surface area contributed by atoms with Crippen LogP contribution in [0.1, 0.15) is 17.5 Å². The first-order chi connectivity index (χ1) is 13.8. The van der Waals surface area contributed by atoms with E-state index >= 15 is 0 Å². The van der Waals surface area contributed by atoms with E-state index in [2.05, 4.69) is 69.4 Å². The summed E-state index contributed by atoms with van der Waals surface area (Å²) in [4.78, 5) is 9.57. The van der Waals surface area contributed by atoms with Crippen molar-refractivity contribution in [3.05, 3.63) is 78.0 Å². The zero-order chi connectivity index (χ0) is 19.2. The van der Waals surface area contributed by atoms with Crippen molar-refractivity contribution in [1.29, 1.82) is 0 Å². The highest BCUT2D eigenvalue weighted by Gasteiger charge is 2.26. The molecule has 2 aromatic carbocycles. The number of rotatable bonds is 7. The molecule has 0 aliphatic carbocycles. The number of aliphatic hydroxyl groups excluding tert-OH is 1. The van der Waals surface area contributed by atoms with Gasteiger partial charge in [-0.25, -0.2) is 0 Å². The molecular weight excluding hydrogens is 346 g/mol. The van der Waals surface area contributed by atoms with Gasteiger partial charge < -0.3 is 5.11 Å². The minimum Gasteiger partial charge on any atom is -0.396 e. The number of benzene rings is 2. The molecule has 0 saturated carbocycles. The molecule has 2 heterocycles. The quantitative estimate of drug-likeness (QED) is 0.687. The highest BCUT2D eigenvalue weighted by molar-refractivity contribution is 5.81. The predicted molar refractivity (Wildman–Crippen MR) is 114 cm³/mol. The van der Waals surface area contributed by atoms with Gasteiger partial charge in [-0.15, -0.1) is 0 Å². The minimum absolute atomic E-state index is 0.249. The van der Waals surface area contributed by atoms with Gasteiger partial charge in [0.15, 0.2) is 0 Å². The van der Waals surface area contributed by atoms with Crippen LogP contribution < -0.4 is 0 Å². The van der Waals surface area contributed by atoms with Crippen LogP contribution in [0.5, 0.6) is 0 Å². The maximum atomic E-state index is 9.59. The zero-order valence-corrected chi connectivity index (χ0v) is 16.4. The first-order valence-electron chi connectivity index (χ1n) is 10.3. The smallest absolute Gasteiger partial charge is 0.0705 e. The van der Waals surface area contributed by atoms with E-state index in [1.807, 2.05) is 12.3 Å². The maximum Gasteiger partial charge on any atom is 0.0705 e. The molecule has 1 atom stereocenters. The number of piperazine rings is 1. The average Bonchev–Trinajstić information content (AvgIpc) is 2.74. The van der Waals surface area contributed by atoms with Crippen LogP contribution in [0.4, 0.5) is 0 Å². The van der Waals surface area contributed by atoms with Gasteiger partial charge in [0, 0.05) is 57.0 Å². The van der Waals surface area contributed by atoms with Crippen LogP contribution in [0.2, 0.25) is 0 Å². The Morgan fingerprint density at radius 3 is 2.64 bits per heavy atom. The van der Waals surface area contributed by atoms with Crippen molar-refractivity contribution in [1.82, 2.24) is 14.8 Å². The molecule has 1 fully saturated rings. The van der Waals surface area contributed by atoms with Crippen molar-refractivity contribution in [2.45, 2.75) is 25.4 Å². The Morgan fingerprint density at radius 1 is 0.964 bits per heavy atom. The fraction of sp³-hybridized carbons (Fsp3) is 0.375. The lowest BCUT2D eigenvalue weighted by molar-refractivity contribution is 0.0564. The molecule has 28 heavy (non-hydrogen) atoms. The van der Waals surface area contributed by atoms with Gasteiger partial charge >= 0.3 is 0 Å². The summed E-state index contributed by atoms with van der Waals surface area (Å²) in [7, 11) is 0. The topological polar surface area (TPSA) is 39.6 Å². The van der Waals surface area contributed by atoms with Gasteiger partial charge in [0.25, 0.3) is 0 Å². The second-order valence-electron chi connectivity index (χ2n) is 7.66. The normalized spacial score (nSPS) is 18.5. The van der Waals surface area contributed by atoms with Crippen molar-refractivity contribution in [2.24, 2.45) is 0 Å². The Hall–Kier alpha value is -2.27. The van der Waals surface area contributed by atoms with Crippen molar-refractivity contribution in [2.75, 3.05) is 32.8 Å². The summed E-state index contributed by atoms with van der Waals surface area (Å²) in [5, 5.41) is 10.8. The summed E-state index contributed by atoms with van der Waals surface area (Å²) >= 11 is 0. The van der Waals surface area contributed by atoms with Crippen LogP contribution in [-0.4, -0.2) is 58.7 Å². The van der Waals surface area contributed by atoms with Gasteiger partial charge in [-0.1, -0.05) is 48.5 Å². The lowest BCUT2D eigenvalue weighted by Gasteiger charge is -2.41. The average molecular weight is 376 g/mol. The minimum atomic E-state index is 0.249. The first-order valence-corrected chi connectivity index (χ1v) is 10.3. The number of fused-ring (bicyclic) bond motifs is 1. The molecule has 4 nitrogen and oxygen atoms in total. The highest BCUT2D eigenvalue weighted by Crippen LogP contribution is 2.21. The third-order valence-corrected chi connectivity index (χ3v) is 5.81. The summed E-state index contributed by atoms with van der Waals surface area (Å²) in [6, 6.07) is 21.6. The summed E-state index contributed by atoms with van der Waals surface area (Å²) in [5.41, 5.74) is 3.79. The van der Waals surface area contributed by atoms with E-state index in [9.17, 15) is 5.11 Å². The van der Waals surface area contributed by atoms with Crippen LogP contribution in [-0.2, 0) is 13.0 Å². The largest absolute Gasteiger partial charge is 0.396 e. The monoisotopic (exact) mass is 375 g/mol. The molecule has 0 spiro atoms. The standard InChI is InChI=1S/C24H29N3O/c28-17-12-22-19-26(15-16-27(22)14-11-20-6-2-1-3-7-20)18-21-10-13-25-24-9-5-4-8-23(21)24/h1-10,13,22,28H,11-12,14-19H2/t22-/m0/s1. The van der Waals surface area contributed by atoms with E-state index in [1.165, 1.54) is 16.5 Å². The van der Waals surface area contributed by atoms with Crippen molar-refractivity contribution in [3.63, 3.8) is 0 Å². The van der Waals surface area contributed by atoms with Crippen LogP contribution in [0.25, 0.3) is 10.9 Å². The van der Waals surface area contributed by atoms with E-state index in [0.29, 0.717) is 6.04 Å². The second-order valence-corrected chi connectivity index (χ2v) is 7.66. The fourth-order valence-electron chi connectivity index (χ4n) is 4.27. The molecule has 146 valence electrons. The summed E-state index contributed by atoms with van der Waals surface area (Å²) in [5.74, 6) is 0. The molecule has 1 aliphatic heterocycles. The van der Waals surface area contributed by atoms with Gasteiger partial charge in [-0.2, -0.15) is 0 Å². The van der Waals surface area contributed by atoms with Crippen LogP contribution in [0, 0.1) is 0 Å². The number of hydrogen-bond donors (Lipinski definition) is 1. The van der Waals surface area contributed by atoms with E-state index < -0.39 is 0 Å².